The van der Waals surface area contributed by atoms with E-state index in [0.717, 1.165) is 41.4 Å². The number of aromatic amines is 1. The van der Waals surface area contributed by atoms with Crippen molar-refractivity contribution in [3.05, 3.63) is 45.7 Å². The topological polar surface area (TPSA) is 156 Å². The maximum atomic E-state index is 12.0. The number of amidine groups is 1. The number of H-pyrrole nitrogens is 1. The van der Waals surface area contributed by atoms with Gasteiger partial charge in [-0.25, -0.2) is 0 Å². The van der Waals surface area contributed by atoms with Crippen molar-refractivity contribution in [2.24, 2.45) is 28.4 Å². The Hall–Kier alpha value is -3.67. The molecular formula is C29H42N6O3. The molecule has 9 heteroatoms. The van der Waals surface area contributed by atoms with Gasteiger partial charge in [-0.3, -0.25) is 19.8 Å². The largest absolute Gasteiger partial charge is 0.388 e. The number of likely N-dealkylation sites (tertiary alicyclic amines) is 1. The van der Waals surface area contributed by atoms with Gasteiger partial charge in [0, 0.05) is 37.0 Å². The number of fused-ring (bicyclic) bond motifs is 2. The van der Waals surface area contributed by atoms with E-state index in [0.29, 0.717) is 29.7 Å². The number of benzene rings is 1. The fourth-order valence-corrected chi connectivity index (χ4v) is 4.87. The lowest BCUT2D eigenvalue weighted by molar-refractivity contribution is -0.132. The van der Waals surface area contributed by atoms with Gasteiger partial charge in [0.15, 0.2) is 0 Å². The summed E-state index contributed by atoms with van der Waals surface area (Å²) >= 11 is 0. The van der Waals surface area contributed by atoms with E-state index < -0.39 is 6.04 Å². The highest BCUT2D eigenvalue weighted by atomic mass is 16.2. The van der Waals surface area contributed by atoms with Gasteiger partial charge in [0.1, 0.15) is 6.04 Å². The van der Waals surface area contributed by atoms with E-state index in [1.165, 1.54) is 6.92 Å². The number of nitrogens with two attached hydrogens (primary N) is 1. The molecule has 1 aromatic heterocycles. The van der Waals surface area contributed by atoms with Crippen molar-refractivity contribution in [3.8, 4) is 6.07 Å². The van der Waals surface area contributed by atoms with Gasteiger partial charge in [-0.2, -0.15) is 5.26 Å². The summed E-state index contributed by atoms with van der Waals surface area (Å²) in [6.07, 6.45) is 1.34. The summed E-state index contributed by atoms with van der Waals surface area (Å²) in [6, 6.07) is 8.74. The molecule has 9 nitrogen and oxygen atoms in total. The van der Waals surface area contributed by atoms with Crippen LogP contribution in [0, 0.1) is 46.3 Å². The number of nitrogens with one attached hydrogen (secondary N) is 3. The molecule has 2 aliphatic rings. The molecule has 2 fully saturated rings. The van der Waals surface area contributed by atoms with Crippen LogP contribution < -0.4 is 16.6 Å². The summed E-state index contributed by atoms with van der Waals surface area (Å²) in [5.74, 6) is 2.08. The standard InChI is InChI=1S/C14H13N3O2.C13H23NO.C2H6N2/c1-9-2-3-13-10(4-9)5-11(14(19)17-13)6-12(7-15)16-8-18;1-12(2,3)6-11(15)14-7-9-10(8-14)13(9,4)5;1-2(3)4/h2-5,8,12H,6H2,1H3,(H,16,18)(H,17,19);9-10H,6-8H2,1-5H3;1H3,(H3,3,4)/t12-;9-,10?;/m00./s1. The molecule has 0 radical (unpaired) electrons. The lowest BCUT2D eigenvalue weighted by atomic mass is 9.91. The minimum atomic E-state index is -0.694. The summed E-state index contributed by atoms with van der Waals surface area (Å²) in [7, 11) is 0. The third-order valence-corrected chi connectivity index (χ3v) is 7.08. The van der Waals surface area contributed by atoms with E-state index in [4.69, 9.17) is 16.4 Å². The molecule has 1 aromatic carbocycles. The number of piperidine rings is 1. The second-order valence-electron chi connectivity index (χ2n) is 12.1. The third kappa shape index (κ3) is 8.44. The summed E-state index contributed by atoms with van der Waals surface area (Å²) in [5, 5.41) is 18.4. The Labute approximate surface area is 225 Å². The van der Waals surface area contributed by atoms with Gasteiger partial charge in [0.2, 0.25) is 12.3 Å². The van der Waals surface area contributed by atoms with Gasteiger partial charge < -0.3 is 20.9 Å². The number of pyridine rings is 1. The molecule has 4 rings (SSSR count). The second-order valence-corrected chi connectivity index (χ2v) is 12.1. The molecule has 206 valence electrons. The molecule has 2 heterocycles. The number of rotatable bonds is 5. The zero-order valence-electron chi connectivity index (χ0n) is 23.6. The number of aromatic nitrogens is 1. The summed E-state index contributed by atoms with van der Waals surface area (Å²) in [4.78, 5) is 39.1. The summed E-state index contributed by atoms with van der Waals surface area (Å²) < 4.78 is 0. The van der Waals surface area contributed by atoms with Crippen LogP contribution >= 0.6 is 0 Å². The van der Waals surface area contributed by atoms with Crippen LogP contribution in [0.1, 0.15) is 59.1 Å². The SMILES string of the molecule is CC(=N)N.CC(C)(C)CC(=O)N1CC2[C@H](C1)C2(C)C.Cc1ccc2[nH]c(=O)c(C[C@@H](C#N)NC=O)cc2c1. The Morgan fingerprint density at radius 3 is 2.39 bits per heavy atom. The van der Waals surface area contributed by atoms with Gasteiger partial charge in [-0.05, 0) is 60.1 Å². The average Bonchev–Trinajstić information content (AvgIpc) is 3.12. The van der Waals surface area contributed by atoms with E-state index in [1.54, 1.807) is 6.07 Å². The van der Waals surface area contributed by atoms with Gasteiger partial charge >= 0.3 is 0 Å². The minimum Gasteiger partial charge on any atom is -0.388 e. The highest BCUT2D eigenvalue weighted by Gasteiger charge is 2.62. The van der Waals surface area contributed by atoms with Crippen LogP contribution in [-0.2, 0) is 16.0 Å². The fraction of sp³-hybridized carbons (Fsp3) is 0.552. The minimum absolute atomic E-state index is 0.124. The molecule has 1 unspecified atom stereocenters. The van der Waals surface area contributed by atoms with Gasteiger partial charge in [0.25, 0.3) is 5.56 Å². The fourth-order valence-electron chi connectivity index (χ4n) is 4.87. The van der Waals surface area contributed by atoms with Crippen LogP contribution in [0.4, 0.5) is 0 Å². The van der Waals surface area contributed by atoms with E-state index in [2.05, 4.69) is 49.8 Å². The van der Waals surface area contributed by atoms with Crippen LogP contribution in [0.3, 0.4) is 0 Å². The smallest absolute Gasteiger partial charge is 0.251 e. The zero-order chi connectivity index (χ0) is 28.8. The molecule has 5 N–H and O–H groups in total. The highest BCUT2D eigenvalue weighted by Crippen LogP contribution is 2.62. The van der Waals surface area contributed by atoms with Gasteiger partial charge in [-0.15, -0.1) is 0 Å². The number of amides is 2. The lowest BCUT2D eigenvalue weighted by Crippen LogP contribution is -2.35. The number of nitrogens with zero attached hydrogens (tertiary/aromatic N) is 2. The molecule has 2 aromatic rings. The molecule has 1 aliphatic heterocycles. The monoisotopic (exact) mass is 522 g/mol. The maximum Gasteiger partial charge on any atom is 0.251 e. The zero-order valence-corrected chi connectivity index (χ0v) is 23.6. The highest BCUT2D eigenvalue weighted by molar-refractivity contribution is 5.79. The maximum absolute atomic E-state index is 12.0. The van der Waals surface area contributed by atoms with E-state index in [9.17, 15) is 14.4 Å². The van der Waals surface area contributed by atoms with Crippen molar-refractivity contribution in [3.63, 3.8) is 0 Å². The second kappa shape index (κ2) is 12.2. The number of carbonyl (C=O) groups is 2. The Kier molecular flexibility index (Phi) is 9.85. The Morgan fingerprint density at radius 1 is 1.32 bits per heavy atom. The lowest BCUT2D eigenvalue weighted by Gasteiger charge is -2.26. The molecule has 0 spiro atoms. The van der Waals surface area contributed by atoms with Crippen molar-refractivity contribution < 1.29 is 9.59 Å². The average molecular weight is 523 g/mol. The van der Waals surface area contributed by atoms with Crippen LogP contribution in [0.2, 0.25) is 0 Å². The first kappa shape index (κ1) is 30.6. The van der Waals surface area contributed by atoms with Crippen molar-refractivity contribution >= 4 is 29.1 Å². The van der Waals surface area contributed by atoms with Crippen LogP contribution in [0.15, 0.2) is 29.1 Å². The number of aryl methyl sites for hydroxylation is 1. The number of nitriles is 1. The van der Waals surface area contributed by atoms with Gasteiger partial charge in [0.05, 0.1) is 11.9 Å². The molecular weight excluding hydrogens is 480 g/mol. The van der Waals surface area contributed by atoms with Crippen molar-refractivity contribution in [1.82, 2.24) is 15.2 Å². The molecule has 1 aliphatic carbocycles. The molecule has 1 saturated carbocycles. The molecule has 38 heavy (non-hydrogen) atoms. The first-order chi connectivity index (χ1) is 17.6. The molecule has 3 atom stereocenters. The van der Waals surface area contributed by atoms with Gasteiger partial charge in [-0.1, -0.05) is 46.2 Å². The Morgan fingerprint density at radius 2 is 1.89 bits per heavy atom. The van der Waals surface area contributed by atoms with Crippen molar-refractivity contribution in [2.45, 2.75) is 67.3 Å². The van der Waals surface area contributed by atoms with Crippen LogP contribution in [-0.4, -0.2) is 47.2 Å². The van der Waals surface area contributed by atoms with E-state index in [-0.39, 0.29) is 23.2 Å². The van der Waals surface area contributed by atoms with Crippen LogP contribution in [0.25, 0.3) is 10.9 Å². The summed E-state index contributed by atoms with van der Waals surface area (Å²) in [6.45, 7) is 16.6. The predicted molar refractivity (Wildman–Crippen MR) is 151 cm³/mol. The van der Waals surface area contributed by atoms with Crippen LogP contribution in [0.5, 0.6) is 0 Å². The quantitative estimate of drug-likeness (QED) is 0.269. The first-order valence-electron chi connectivity index (χ1n) is 12.9. The summed E-state index contributed by atoms with van der Waals surface area (Å²) in [5.41, 5.74) is 7.44. The number of hydrogen-bond acceptors (Lipinski definition) is 5. The number of hydrogen-bond donors (Lipinski definition) is 4. The normalized spacial score (nSPS) is 19.5. The van der Waals surface area contributed by atoms with E-state index >= 15 is 0 Å². The molecule has 0 bridgehead atoms. The Balaban J connectivity index is 0.000000239. The van der Waals surface area contributed by atoms with Crippen molar-refractivity contribution in [1.29, 1.82) is 10.7 Å². The Bertz CT molecular complexity index is 1250. The number of carbonyl (C=O) groups excluding carboxylic acids is 2. The predicted octanol–water partition coefficient (Wildman–Crippen LogP) is 3.50. The first-order valence-corrected chi connectivity index (χ1v) is 12.9. The molecule has 2 amide bonds. The van der Waals surface area contributed by atoms with E-state index in [1.807, 2.05) is 31.2 Å². The van der Waals surface area contributed by atoms with Crippen molar-refractivity contribution in [2.75, 3.05) is 13.1 Å². The molecule has 1 saturated heterocycles. The third-order valence-electron chi connectivity index (χ3n) is 7.08.